The molecule has 110 valence electrons. The van der Waals surface area contributed by atoms with Crippen LogP contribution in [-0.2, 0) is 11.0 Å². The van der Waals surface area contributed by atoms with Gasteiger partial charge < -0.3 is 15.1 Å². The van der Waals surface area contributed by atoms with Crippen LogP contribution >= 0.6 is 0 Å². The predicted molar refractivity (Wildman–Crippen MR) is 66.4 cm³/mol. The summed E-state index contributed by atoms with van der Waals surface area (Å²) in [4.78, 5) is 22.0. The fraction of sp³-hybridized carbons (Fsp3) is 0.545. The van der Waals surface area contributed by atoms with Gasteiger partial charge in [0.1, 0.15) is 5.82 Å². The number of nitrogens with zero attached hydrogens (tertiary/aromatic N) is 4. The van der Waals surface area contributed by atoms with Crippen molar-refractivity contribution in [1.29, 1.82) is 0 Å². The molecule has 1 fully saturated rings. The smallest absolute Gasteiger partial charge is 0.357 e. The summed E-state index contributed by atoms with van der Waals surface area (Å²) in [5.74, 6) is -0.186. The highest BCUT2D eigenvalue weighted by Crippen LogP contribution is 2.30. The summed E-state index contributed by atoms with van der Waals surface area (Å²) in [6.07, 6.45) is -4.56. The van der Waals surface area contributed by atoms with Gasteiger partial charge in [0.2, 0.25) is 11.9 Å². The lowest BCUT2D eigenvalue weighted by atomic mass is 10.3. The van der Waals surface area contributed by atoms with E-state index < -0.39 is 11.9 Å². The largest absolute Gasteiger partial charge is 0.433 e. The summed E-state index contributed by atoms with van der Waals surface area (Å²) in [5, 5.41) is 2.49. The normalized spacial score (nSPS) is 16.6. The molecule has 20 heavy (non-hydrogen) atoms. The van der Waals surface area contributed by atoms with Crippen molar-refractivity contribution < 1.29 is 18.0 Å². The van der Waals surface area contributed by atoms with Crippen LogP contribution in [0.15, 0.2) is 6.07 Å². The average Bonchev–Trinajstić information content (AvgIpc) is 2.40. The number of alkyl halides is 3. The van der Waals surface area contributed by atoms with E-state index >= 15 is 0 Å². The standard InChI is InChI=1S/C11H14F3N5O/c1-15-10-16-7(11(12,13)14)5-8(17-10)19-4-3-18(2)9(20)6-19/h5H,3-4,6H2,1-2H3,(H,15,16,17). The van der Waals surface area contributed by atoms with Crippen LogP contribution in [0.25, 0.3) is 0 Å². The number of rotatable bonds is 2. The highest BCUT2D eigenvalue weighted by Gasteiger charge is 2.34. The minimum absolute atomic E-state index is 0.00790. The molecule has 0 atom stereocenters. The van der Waals surface area contributed by atoms with Gasteiger partial charge in [-0.15, -0.1) is 0 Å². The molecule has 0 unspecified atom stereocenters. The molecule has 2 heterocycles. The number of halogens is 3. The maximum absolute atomic E-state index is 12.8. The minimum atomic E-state index is -4.56. The van der Waals surface area contributed by atoms with Gasteiger partial charge >= 0.3 is 6.18 Å². The van der Waals surface area contributed by atoms with Crippen LogP contribution in [0.2, 0.25) is 0 Å². The second-order valence-electron chi connectivity index (χ2n) is 4.42. The molecule has 1 aromatic heterocycles. The fourth-order valence-electron chi connectivity index (χ4n) is 1.81. The third-order valence-corrected chi connectivity index (χ3v) is 3.01. The molecule has 2 rings (SSSR count). The van der Waals surface area contributed by atoms with Gasteiger partial charge in [0.05, 0.1) is 6.54 Å². The Bertz CT molecular complexity index is 519. The Kier molecular flexibility index (Phi) is 3.69. The molecule has 1 aromatic rings. The molecule has 1 aliphatic rings. The SMILES string of the molecule is CNc1nc(N2CCN(C)C(=O)C2)cc(C(F)(F)F)n1. The summed E-state index contributed by atoms with van der Waals surface area (Å²) in [6, 6.07) is 0.861. The molecule has 1 saturated heterocycles. The third-order valence-electron chi connectivity index (χ3n) is 3.01. The van der Waals surface area contributed by atoms with Crippen LogP contribution in [-0.4, -0.2) is 54.5 Å². The van der Waals surface area contributed by atoms with Crippen molar-refractivity contribution in [2.45, 2.75) is 6.18 Å². The predicted octanol–water partition coefficient (Wildman–Crippen LogP) is 0.815. The number of carbonyl (C=O) groups excluding carboxylic acids is 1. The zero-order valence-electron chi connectivity index (χ0n) is 11.0. The monoisotopic (exact) mass is 289 g/mol. The van der Waals surface area contributed by atoms with E-state index in [-0.39, 0.29) is 24.2 Å². The lowest BCUT2D eigenvalue weighted by molar-refractivity contribution is -0.141. The van der Waals surface area contributed by atoms with Crippen molar-refractivity contribution in [2.24, 2.45) is 0 Å². The Hall–Kier alpha value is -2.06. The van der Waals surface area contributed by atoms with E-state index in [4.69, 9.17) is 0 Å². The highest BCUT2D eigenvalue weighted by atomic mass is 19.4. The van der Waals surface area contributed by atoms with Crippen molar-refractivity contribution in [2.75, 3.05) is 43.9 Å². The Balaban J connectivity index is 2.34. The molecule has 1 N–H and O–H groups in total. The molecule has 9 heteroatoms. The Morgan fingerprint density at radius 2 is 2.00 bits per heavy atom. The highest BCUT2D eigenvalue weighted by molar-refractivity contribution is 5.82. The maximum atomic E-state index is 12.8. The topological polar surface area (TPSA) is 61.4 Å². The molecule has 0 aliphatic carbocycles. The molecule has 0 aromatic carbocycles. The third kappa shape index (κ3) is 2.91. The summed E-state index contributed by atoms with van der Waals surface area (Å²) >= 11 is 0. The molecule has 0 spiro atoms. The van der Waals surface area contributed by atoms with Crippen LogP contribution in [0.3, 0.4) is 0 Å². The second kappa shape index (κ2) is 5.14. The molecular weight excluding hydrogens is 275 g/mol. The number of carbonyl (C=O) groups is 1. The van der Waals surface area contributed by atoms with Crippen molar-refractivity contribution in [3.05, 3.63) is 11.8 Å². The summed E-state index contributed by atoms with van der Waals surface area (Å²) in [5.41, 5.74) is -1.03. The molecule has 0 bridgehead atoms. The lowest BCUT2D eigenvalue weighted by Crippen LogP contribution is -2.49. The average molecular weight is 289 g/mol. The second-order valence-corrected chi connectivity index (χ2v) is 4.42. The van der Waals surface area contributed by atoms with E-state index in [0.29, 0.717) is 13.1 Å². The Morgan fingerprint density at radius 1 is 1.30 bits per heavy atom. The first-order chi connectivity index (χ1) is 9.31. The van der Waals surface area contributed by atoms with Crippen molar-refractivity contribution >= 4 is 17.7 Å². The summed E-state index contributed by atoms with van der Waals surface area (Å²) in [7, 11) is 3.09. The van der Waals surface area contributed by atoms with Gasteiger partial charge in [-0.2, -0.15) is 18.2 Å². The number of likely N-dealkylation sites (N-methyl/N-ethyl adjacent to an activating group) is 1. The van der Waals surface area contributed by atoms with Crippen LogP contribution in [0, 0.1) is 0 Å². The van der Waals surface area contributed by atoms with Crippen molar-refractivity contribution in [1.82, 2.24) is 14.9 Å². The summed E-state index contributed by atoms with van der Waals surface area (Å²) < 4.78 is 38.3. The number of piperazine rings is 1. The van der Waals surface area contributed by atoms with E-state index in [1.165, 1.54) is 16.8 Å². The number of aromatic nitrogens is 2. The van der Waals surface area contributed by atoms with Gasteiger partial charge in [-0.25, -0.2) is 4.98 Å². The first kappa shape index (κ1) is 14.4. The van der Waals surface area contributed by atoms with Crippen molar-refractivity contribution in [3.63, 3.8) is 0 Å². The van der Waals surface area contributed by atoms with E-state index in [2.05, 4.69) is 15.3 Å². The number of hydrogen-bond donors (Lipinski definition) is 1. The Morgan fingerprint density at radius 3 is 2.55 bits per heavy atom. The first-order valence-electron chi connectivity index (χ1n) is 5.94. The maximum Gasteiger partial charge on any atom is 0.433 e. The molecule has 0 saturated carbocycles. The van der Waals surface area contributed by atoms with Crippen LogP contribution in [0.4, 0.5) is 24.9 Å². The zero-order valence-corrected chi connectivity index (χ0v) is 11.0. The first-order valence-corrected chi connectivity index (χ1v) is 5.94. The zero-order chi connectivity index (χ0) is 14.9. The number of nitrogens with one attached hydrogen (secondary N) is 1. The molecule has 1 amide bonds. The van der Waals surface area contributed by atoms with Gasteiger partial charge in [0.25, 0.3) is 0 Å². The molecular formula is C11H14F3N5O. The number of anilines is 2. The van der Waals surface area contributed by atoms with Crippen LogP contribution in [0.5, 0.6) is 0 Å². The quantitative estimate of drug-likeness (QED) is 0.873. The lowest BCUT2D eigenvalue weighted by Gasteiger charge is -2.33. The van der Waals surface area contributed by atoms with Crippen LogP contribution < -0.4 is 10.2 Å². The van der Waals surface area contributed by atoms with Gasteiger partial charge in [-0.1, -0.05) is 0 Å². The fourth-order valence-corrected chi connectivity index (χ4v) is 1.81. The number of amides is 1. The molecule has 1 aliphatic heterocycles. The van der Waals surface area contributed by atoms with Gasteiger partial charge in [0, 0.05) is 33.3 Å². The van der Waals surface area contributed by atoms with E-state index in [9.17, 15) is 18.0 Å². The van der Waals surface area contributed by atoms with Gasteiger partial charge in [-0.3, -0.25) is 4.79 Å². The van der Waals surface area contributed by atoms with Crippen molar-refractivity contribution in [3.8, 4) is 0 Å². The summed E-state index contributed by atoms with van der Waals surface area (Å²) in [6.45, 7) is 0.882. The van der Waals surface area contributed by atoms with E-state index in [1.54, 1.807) is 7.05 Å². The Labute approximate surface area is 113 Å². The van der Waals surface area contributed by atoms with Gasteiger partial charge in [0.15, 0.2) is 5.69 Å². The number of hydrogen-bond acceptors (Lipinski definition) is 5. The van der Waals surface area contributed by atoms with E-state index in [0.717, 1.165) is 6.07 Å². The van der Waals surface area contributed by atoms with E-state index in [1.807, 2.05) is 0 Å². The van der Waals surface area contributed by atoms with Gasteiger partial charge in [-0.05, 0) is 0 Å². The van der Waals surface area contributed by atoms with Crippen LogP contribution in [0.1, 0.15) is 5.69 Å². The molecule has 6 nitrogen and oxygen atoms in total. The molecule has 0 radical (unpaired) electrons. The minimum Gasteiger partial charge on any atom is -0.357 e.